The Morgan fingerprint density at radius 3 is 2.73 bits per heavy atom. The van der Waals surface area contributed by atoms with Crippen molar-refractivity contribution in [2.24, 2.45) is 5.73 Å². The topological polar surface area (TPSA) is 85.2 Å². The Morgan fingerprint density at radius 1 is 1.55 bits per heavy atom. The maximum absolute atomic E-state index is 9.21. The Kier molecular flexibility index (Phi) is 2.40. The van der Waals surface area contributed by atoms with Crippen LogP contribution in [0.1, 0.15) is 11.7 Å². The van der Waals surface area contributed by atoms with Gasteiger partial charge in [0.2, 0.25) is 0 Å². The molecule has 0 radical (unpaired) electrons. The van der Waals surface area contributed by atoms with Gasteiger partial charge in [-0.25, -0.2) is 4.98 Å². The van der Waals surface area contributed by atoms with Crippen LogP contribution in [0.4, 0.5) is 5.82 Å². The summed E-state index contributed by atoms with van der Waals surface area (Å²) < 4.78 is 0. The number of rotatable bonds is 2. The number of hydrogen-bond acceptors (Lipinski definition) is 4. The summed E-state index contributed by atoms with van der Waals surface area (Å²) in [5.74, 6) is 0.443. The second-order valence-electron chi connectivity index (χ2n) is 2.27. The minimum Gasteiger partial charge on any atom is -0.387 e. The summed E-state index contributed by atoms with van der Waals surface area (Å²) in [5, 5.41) is 9.21. The lowest BCUT2D eigenvalue weighted by atomic mass is 10.2. The highest BCUT2D eigenvalue weighted by Gasteiger charge is 2.03. The van der Waals surface area contributed by atoms with E-state index in [1.165, 1.54) is 6.20 Å². The molecule has 4 heteroatoms. The molecule has 0 aliphatic carbocycles. The lowest BCUT2D eigenvalue weighted by Gasteiger charge is -2.06. The fraction of sp³-hybridized carbons (Fsp3) is 0.286. The molecule has 11 heavy (non-hydrogen) atoms. The van der Waals surface area contributed by atoms with Crippen molar-refractivity contribution in [1.82, 2.24) is 4.98 Å². The normalized spacial score (nSPS) is 12.9. The average Bonchev–Trinajstić information content (AvgIpc) is 2.05. The zero-order valence-electron chi connectivity index (χ0n) is 6.07. The average molecular weight is 153 g/mol. The number of aliphatic hydroxyl groups is 1. The fourth-order valence-electron chi connectivity index (χ4n) is 0.750. The molecule has 1 rings (SSSR count). The quantitative estimate of drug-likeness (QED) is 0.542. The van der Waals surface area contributed by atoms with Crippen LogP contribution in [0, 0.1) is 0 Å². The van der Waals surface area contributed by atoms with Crippen LogP contribution in [-0.2, 0) is 0 Å². The van der Waals surface area contributed by atoms with Gasteiger partial charge in [0.15, 0.2) is 0 Å². The first-order chi connectivity index (χ1) is 5.24. The van der Waals surface area contributed by atoms with Crippen molar-refractivity contribution in [3.05, 3.63) is 23.9 Å². The van der Waals surface area contributed by atoms with E-state index in [1.807, 2.05) is 0 Å². The first-order valence-electron chi connectivity index (χ1n) is 3.33. The van der Waals surface area contributed by atoms with Crippen molar-refractivity contribution < 1.29 is 5.11 Å². The van der Waals surface area contributed by atoms with E-state index < -0.39 is 6.10 Å². The molecule has 1 atom stereocenters. The summed E-state index contributed by atoms with van der Waals surface area (Å²) in [6, 6.07) is 3.34. The van der Waals surface area contributed by atoms with Crippen molar-refractivity contribution >= 4 is 5.82 Å². The van der Waals surface area contributed by atoms with Crippen molar-refractivity contribution in [1.29, 1.82) is 0 Å². The monoisotopic (exact) mass is 153 g/mol. The van der Waals surface area contributed by atoms with Gasteiger partial charge in [-0.15, -0.1) is 0 Å². The van der Waals surface area contributed by atoms with Gasteiger partial charge < -0.3 is 16.6 Å². The van der Waals surface area contributed by atoms with Crippen molar-refractivity contribution in [3.8, 4) is 0 Å². The maximum Gasteiger partial charge on any atom is 0.123 e. The van der Waals surface area contributed by atoms with Gasteiger partial charge in [0.1, 0.15) is 5.82 Å². The van der Waals surface area contributed by atoms with E-state index in [2.05, 4.69) is 4.98 Å². The molecular weight excluding hydrogens is 142 g/mol. The Labute approximate surface area is 64.9 Å². The summed E-state index contributed by atoms with van der Waals surface area (Å²) >= 11 is 0. The van der Waals surface area contributed by atoms with Crippen LogP contribution >= 0.6 is 0 Å². The zero-order chi connectivity index (χ0) is 8.27. The number of nitrogen functional groups attached to an aromatic ring is 1. The zero-order valence-corrected chi connectivity index (χ0v) is 6.07. The van der Waals surface area contributed by atoms with Gasteiger partial charge in [0, 0.05) is 18.3 Å². The lowest BCUT2D eigenvalue weighted by Crippen LogP contribution is -2.11. The highest BCUT2D eigenvalue weighted by atomic mass is 16.3. The molecule has 0 fully saturated rings. The number of hydrogen-bond donors (Lipinski definition) is 3. The number of pyridine rings is 1. The molecule has 1 aromatic heterocycles. The molecule has 0 aliphatic heterocycles. The molecule has 1 aromatic rings. The molecule has 1 unspecified atom stereocenters. The van der Waals surface area contributed by atoms with Gasteiger partial charge in [-0.05, 0) is 6.07 Å². The third-order valence-electron chi connectivity index (χ3n) is 1.42. The number of aliphatic hydroxyl groups excluding tert-OH is 1. The van der Waals surface area contributed by atoms with Crippen molar-refractivity contribution in [2.45, 2.75) is 6.10 Å². The second-order valence-corrected chi connectivity index (χ2v) is 2.27. The van der Waals surface area contributed by atoms with Crippen LogP contribution < -0.4 is 11.5 Å². The van der Waals surface area contributed by atoms with Crippen molar-refractivity contribution in [2.75, 3.05) is 12.3 Å². The molecule has 0 aliphatic rings. The predicted octanol–water partition coefficient (Wildman–Crippen LogP) is -0.344. The standard InChI is InChI=1S/C7H11N3O/c8-3-6(11)5-1-2-7(9)10-4-5/h1-2,4,6,11H,3,8H2,(H2,9,10). The SMILES string of the molecule is NCC(O)c1ccc(N)nc1. The van der Waals surface area contributed by atoms with E-state index in [-0.39, 0.29) is 6.54 Å². The minimum atomic E-state index is -0.636. The largest absolute Gasteiger partial charge is 0.387 e. The third-order valence-corrected chi connectivity index (χ3v) is 1.42. The first kappa shape index (κ1) is 7.97. The summed E-state index contributed by atoms with van der Waals surface area (Å²) in [6.07, 6.45) is 0.885. The molecular formula is C7H11N3O. The summed E-state index contributed by atoms with van der Waals surface area (Å²) in [7, 11) is 0. The smallest absolute Gasteiger partial charge is 0.123 e. The van der Waals surface area contributed by atoms with Gasteiger partial charge in [-0.2, -0.15) is 0 Å². The van der Waals surface area contributed by atoms with Gasteiger partial charge in [-0.1, -0.05) is 6.07 Å². The number of aromatic nitrogens is 1. The maximum atomic E-state index is 9.21. The predicted molar refractivity (Wildman–Crippen MR) is 42.7 cm³/mol. The first-order valence-corrected chi connectivity index (χ1v) is 3.33. The Bertz CT molecular complexity index is 222. The Morgan fingerprint density at radius 2 is 2.27 bits per heavy atom. The molecule has 5 N–H and O–H groups in total. The third kappa shape index (κ3) is 1.89. The molecule has 0 saturated carbocycles. The van der Waals surface area contributed by atoms with Gasteiger partial charge in [0.05, 0.1) is 6.10 Å². The van der Waals surface area contributed by atoms with E-state index in [9.17, 15) is 5.11 Å². The van der Waals surface area contributed by atoms with E-state index in [1.54, 1.807) is 12.1 Å². The van der Waals surface area contributed by atoms with Crippen LogP contribution in [0.2, 0.25) is 0 Å². The van der Waals surface area contributed by atoms with E-state index in [4.69, 9.17) is 11.5 Å². The van der Waals surface area contributed by atoms with Crippen LogP contribution in [0.15, 0.2) is 18.3 Å². The van der Waals surface area contributed by atoms with Crippen LogP contribution in [0.5, 0.6) is 0 Å². The van der Waals surface area contributed by atoms with Gasteiger partial charge in [-0.3, -0.25) is 0 Å². The van der Waals surface area contributed by atoms with E-state index in [0.717, 1.165) is 0 Å². The number of anilines is 1. The molecule has 0 bridgehead atoms. The molecule has 0 spiro atoms. The van der Waals surface area contributed by atoms with Crippen LogP contribution in [0.25, 0.3) is 0 Å². The van der Waals surface area contributed by atoms with Gasteiger partial charge >= 0.3 is 0 Å². The molecule has 0 aromatic carbocycles. The number of nitrogens with zero attached hydrogens (tertiary/aromatic N) is 1. The minimum absolute atomic E-state index is 0.200. The van der Waals surface area contributed by atoms with Crippen LogP contribution in [-0.4, -0.2) is 16.6 Å². The highest BCUT2D eigenvalue weighted by molar-refractivity contribution is 5.30. The molecule has 4 nitrogen and oxygen atoms in total. The van der Waals surface area contributed by atoms with E-state index >= 15 is 0 Å². The highest BCUT2D eigenvalue weighted by Crippen LogP contribution is 2.10. The summed E-state index contributed by atoms with van der Waals surface area (Å²) in [6.45, 7) is 0.200. The fourth-order valence-corrected chi connectivity index (χ4v) is 0.750. The lowest BCUT2D eigenvalue weighted by molar-refractivity contribution is 0.186. The summed E-state index contributed by atoms with van der Waals surface area (Å²) in [4.78, 5) is 3.81. The van der Waals surface area contributed by atoms with Crippen molar-refractivity contribution in [3.63, 3.8) is 0 Å². The van der Waals surface area contributed by atoms with Gasteiger partial charge in [0.25, 0.3) is 0 Å². The molecule has 60 valence electrons. The Hall–Kier alpha value is -1.13. The molecule has 0 amide bonds. The molecule has 0 saturated heterocycles. The Balaban J connectivity index is 2.81. The number of nitrogens with two attached hydrogens (primary N) is 2. The second kappa shape index (κ2) is 3.32. The summed E-state index contributed by atoms with van der Waals surface area (Å²) in [5.41, 5.74) is 11.3. The van der Waals surface area contributed by atoms with E-state index in [0.29, 0.717) is 11.4 Å². The molecule has 1 heterocycles. The van der Waals surface area contributed by atoms with Crippen LogP contribution in [0.3, 0.4) is 0 Å².